The normalized spacial score (nSPS) is 19.2. The van der Waals surface area contributed by atoms with Crippen LogP contribution in [0.2, 0.25) is 0 Å². The van der Waals surface area contributed by atoms with Gasteiger partial charge in [0.2, 0.25) is 11.8 Å². The monoisotopic (exact) mass is 269 g/mol. The summed E-state index contributed by atoms with van der Waals surface area (Å²) in [4.78, 5) is 29.6. The molecule has 2 heterocycles. The Morgan fingerprint density at radius 1 is 1.30 bits per heavy atom. The molecule has 0 bridgehead atoms. The molecule has 2 amide bonds. The topological polar surface area (TPSA) is 62.3 Å². The lowest BCUT2D eigenvalue weighted by Gasteiger charge is -2.31. The zero-order valence-corrected chi connectivity index (χ0v) is 11.2. The van der Waals surface area contributed by atoms with Gasteiger partial charge in [0.05, 0.1) is 12.1 Å². The van der Waals surface area contributed by atoms with Crippen LogP contribution in [-0.4, -0.2) is 34.3 Å². The molecule has 3 rings (SSSR count). The van der Waals surface area contributed by atoms with E-state index in [0.717, 1.165) is 16.5 Å². The summed E-state index contributed by atoms with van der Waals surface area (Å²) in [7, 11) is 0. The first kappa shape index (κ1) is 12.6. The second-order valence-corrected chi connectivity index (χ2v) is 4.97. The van der Waals surface area contributed by atoms with Crippen molar-refractivity contribution in [2.24, 2.45) is 0 Å². The number of para-hydroxylation sites is 1. The molecule has 20 heavy (non-hydrogen) atoms. The molecule has 1 N–H and O–H groups in total. The minimum absolute atomic E-state index is 0.0505. The Balaban J connectivity index is 1.93. The second-order valence-electron chi connectivity index (χ2n) is 4.97. The fourth-order valence-electron chi connectivity index (χ4n) is 2.51. The summed E-state index contributed by atoms with van der Waals surface area (Å²) in [5.74, 6) is -0.166. The summed E-state index contributed by atoms with van der Waals surface area (Å²) in [5.41, 5.74) is 1.90. The van der Waals surface area contributed by atoms with Gasteiger partial charge in [0.15, 0.2) is 0 Å². The van der Waals surface area contributed by atoms with Crippen LogP contribution >= 0.6 is 0 Å². The summed E-state index contributed by atoms with van der Waals surface area (Å²) in [6.45, 7) is 2.25. The zero-order valence-electron chi connectivity index (χ0n) is 11.2. The molecule has 2 aromatic rings. The highest BCUT2D eigenvalue weighted by Gasteiger charge is 2.29. The summed E-state index contributed by atoms with van der Waals surface area (Å²) < 4.78 is 0. The number of hydrogen-bond donors (Lipinski definition) is 1. The van der Waals surface area contributed by atoms with Gasteiger partial charge in [0, 0.05) is 18.1 Å². The molecule has 1 fully saturated rings. The Labute approximate surface area is 116 Å². The molecule has 1 atom stereocenters. The van der Waals surface area contributed by atoms with Crippen LogP contribution in [0.5, 0.6) is 0 Å². The van der Waals surface area contributed by atoms with E-state index >= 15 is 0 Å². The molecule has 0 spiro atoms. The molecule has 1 unspecified atom stereocenters. The minimum atomic E-state index is -0.454. The number of carbonyl (C=O) groups is 2. The number of nitrogens with zero attached hydrogens (tertiary/aromatic N) is 2. The summed E-state index contributed by atoms with van der Waals surface area (Å²) in [6.07, 6.45) is 1.73. The molecule has 1 aliphatic rings. The van der Waals surface area contributed by atoms with Crippen LogP contribution in [0.1, 0.15) is 12.5 Å². The van der Waals surface area contributed by atoms with Gasteiger partial charge in [-0.15, -0.1) is 0 Å². The number of amides is 2. The van der Waals surface area contributed by atoms with Crippen LogP contribution in [0.3, 0.4) is 0 Å². The Morgan fingerprint density at radius 2 is 2.10 bits per heavy atom. The zero-order chi connectivity index (χ0) is 14.1. The van der Waals surface area contributed by atoms with E-state index in [1.165, 1.54) is 0 Å². The molecule has 5 nitrogen and oxygen atoms in total. The molecule has 1 aromatic carbocycles. The van der Waals surface area contributed by atoms with Gasteiger partial charge in [-0.05, 0) is 24.6 Å². The Kier molecular flexibility index (Phi) is 3.10. The van der Waals surface area contributed by atoms with E-state index in [0.29, 0.717) is 6.54 Å². The maximum atomic E-state index is 12.1. The van der Waals surface area contributed by atoms with Crippen LogP contribution < -0.4 is 5.32 Å². The molecule has 1 aromatic heterocycles. The van der Waals surface area contributed by atoms with Crippen molar-refractivity contribution >= 4 is 22.7 Å². The second kappa shape index (κ2) is 4.92. The quantitative estimate of drug-likeness (QED) is 0.887. The average molecular weight is 269 g/mol. The van der Waals surface area contributed by atoms with Crippen molar-refractivity contribution in [3.05, 3.63) is 42.1 Å². The van der Waals surface area contributed by atoms with Gasteiger partial charge in [-0.3, -0.25) is 14.6 Å². The van der Waals surface area contributed by atoms with E-state index < -0.39 is 6.04 Å². The number of benzene rings is 1. The highest BCUT2D eigenvalue weighted by atomic mass is 16.2. The van der Waals surface area contributed by atoms with E-state index in [1.54, 1.807) is 18.0 Å². The molecule has 0 radical (unpaired) electrons. The third-order valence-electron chi connectivity index (χ3n) is 3.49. The number of hydrogen-bond acceptors (Lipinski definition) is 3. The molecular formula is C15H15N3O2. The van der Waals surface area contributed by atoms with Crippen molar-refractivity contribution in [2.45, 2.75) is 19.5 Å². The molecule has 5 heteroatoms. The van der Waals surface area contributed by atoms with Crippen LogP contribution in [-0.2, 0) is 16.1 Å². The van der Waals surface area contributed by atoms with E-state index in [-0.39, 0.29) is 18.4 Å². The highest BCUT2D eigenvalue weighted by molar-refractivity contribution is 5.94. The van der Waals surface area contributed by atoms with Crippen molar-refractivity contribution in [3.63, 3.8) is 0 Å². The molecule has 1 aliphatic heterocycles. The van der Waals surface area contributed by atoms with Gasteiger partial charge in [-0.2, -0.15) is 0 Å². The molecular weight excluding hydrogens is 254 g/mol. The number of nitrogens with one attached hydrogen (secondary N) is 1. The third kappa shape index (κ3) is 2.22. The van der Waals surface area contributed by atoms with Crippen molar-refractivity contribution in [1.82, 2.24) is 15.2 Å². The lowest BCUT2D eigenvalue weighted by atomic mass is 10.1. The summed E-state index contributed by atoms with van der Waals surface area (Å²) >= 11 is 0. The maximum Gasteiger partial charge on any atom is 0.245 e. The van der Waals surface area contributed by atoms with Gasteiger partial charge in [-0.25, -0.2) is 0 Å². The number of fused-ring (bicyclic) bond motifs is 1. The largest absolute Gasteiger partial charge is 0.343 e. The number of pyridine rings is 1. The first-order chi connectivity index (χ1) is 9.65. The molecule has 102 valence electrons. The Bertz CT molecular complexity index is 678. The van der Waals surface area contributed by atoms with Gasteiger partial charge in [0.25, 0.3) is 0 Å². The van der Waals surface area contributed by atoms with E-state index in [9.17, 15) is 9.59 Å². The van der Waals surface area contributed by atoms with Gasteiger partial charge in [0.1, 0.15) is 6.04 Å². The van der Waals surface area contributed by atoms with Gasteiger partial charge >= 0.3 is 0 Å². The van der Waals surface area contributed by atoms with Crippen LogP contribution in [0.15, 0.2) is 36.5 Å². The minimum Gasteiger partial charge on any atom is -0.343 e. The molecule has 0 aliphatic carbocycles. The smallest absolute Gasteiger partial charge is 0.245 e. The fraction of sp³-hybridized carbons (Fsp3) is 0.267. The predicted molar refractivity (Wildman–Crippen MR) is 74.8 cm³/mol. The lowest BCUT2D eigenvalue weighted by molar-refractivity contribution is -0.144. The lowest BCUT2D eigenvalue weighted by Crippen LogP contribution is -2.56. The average Bonchev–Trinajstić information content (AvgIpc) is 2.44. The number of carbonyl (C=O) groups excluding carboxylic acids is 2. The van der Waals surface area contributed by atoms with Gasteiger partial charge in [-0.1, -0.05) is 18.2 Å². The number of piperazine rings is 1. The molecule has 1 saturated heterocycles. The van der Waals surface area contributed by atoms with Gasteiger partial charge < -0.3 is 10.2 Å². The van der Waals surface area contributed by atoms with Crippen molar-refractivity contribution in [2.75, 3.05) is 6.54 Å². The standard InChI is InChI=1S/C15H15N3O2/c1-10-15(20)18(9-14(19)17-10)8-11-6-7-16-13-5-3-2-4-12(11)13/h2-7,10H,8-9H2,1H3,(H,17,19). The van der Waals surface area contributed by atoms with Crippen LogP contribution in [0, 0.1) is 0 Å². The van der Waals surface area contributed by atoms with Crippen molar-refractivity contribution < 1.29 is 9.59 Å². The van der Waals surface area contributed by atoms with E-state index in [1.807, 2.05) is 30.3 Å². The predicted octanol–water partition coefficient (Wildman–Crippen LogP) is 1.08. The Hall–Kier alpha value is -2.43. The van der Waals surface area contributed by atoms with Crippen molar-refractivity contribution in [3.8, 4) is 0 Å². The fourth-order valence-corrected chi connectivity index (χ4v) is 2.51. The maximum absolute atomic E-state index is 12.1. The van der Waals surface area contributed by atoms with Crippen LogP contribution in [0.25, 0.3) is 10.9 Å². The number of aromatic nitrogens is 1. The van der Waals surface area contributed by atoms with Crippen LogP contribution in [0.4, 0.5) is 0 Å². The summed E-state index contributed by atoms with van der Waals surface area (Å²) in [6, 6.07) is 9.24. The highest BCUT2D eigenvalue weighted by Crippen LogP contribution is 2.18. The first-order valence-electron chi connectivity index (χ1n) is 6.56. The first-order valence-corrected chi connectivity index (χ1v) is 6.56. The Morgan fingerprint density at radius 3 is 2.95 bits per heavy atom. The van der Waals surface area contributed by atoms with E-state index in [2.05, 4.69) is 10.3 Å². The van der Waals surface area contributed by atoms with Crippen molar-refractivity contribution in [1.29, 1.82) is 0 Å². The molecule has 0 saturated carbocycles. The SMILES string of the molecule is CC1NC(=O)CN(Cc2ccnc3ccccc23)C1=O. The third-order valence-corrected chi connectivity index (χ3v) is 3.49. The van der Waals surface area contributed by atoms with E-state index in [4.69, 9.17) is 0 Å². The summed E-state index contributed by atoms with van der Waals surface area (Å²) in [5, 5.41) is 3.65. The number of rotatable bonds is 2.